The van der Waals surface area contributed by atoms with Crippen LogP contribution in [0.15, 0.2) is 18.2 Å². The molecule has 0 aliphatic heterocycles. The van der Waals surface area contributed by atoms with E-state index in [4.69, 9.17) is 16.3 Å². The van der Waals surface area contributed by atoms with Crippen LogP contribution in [-0.2, 0) is 9.53 Å². The van der Waals surface area contributed by atoms with Gasteiger partial charge in [0.1, 0.15) is 0 Å². The number of esters is 1. The third-order valence-electron chi connectivity index (χ3n) is 2.14. The normalized spacial score (nSPS) is 9.89. The van der Waals surface area contributed by atoms with Crippen LogP contribution < -0.4 is 4.74 Å². The van der Waals surface area contributed by atoms with Crippen molar-refractivity contribution in [2.75, 3.05) is 13.7 Å². The van der Waals surface area contributed by atoms with Crippen molar-refractivity contribution in [3.8, 4) is 5.75 Å². The van der Waals surface area contributed by atoms with Gasteiger partial charge in [-0.2, -0.15) is 0 Å². The zero-order valence-electron chi connectivity index (χ0n) is 9.72. The molecule has 18 heavy (non-hydrogen) atoms. The molecule has 1 rings (SSSR count). The Morgan fingerprint density at radius 2 is 2.22 bits per heavy atom. The Bertz CT molecular complexity index is 449. The average Bonchev–Trinajstić information content (AvgIpc) is 2.35. The monoisotopic (exact) mass is 273 g/mol. The van der Waals surface area contributed by atoms with Gasteiger partial charge in [0.15, 0.2) is 0 Å². The van der Waals surface area contributed by atoms with E-state index < -0.39 is 4.92 Å². The minimum atomic E-state index is -0.568. The number of benzene rings is 1. The second-order valence-corrected chi connectivity index (χ2v) is 3.78. The number of carbonyl (C=O) groups excluding carboxylic acids is 1. The van der Waals surface area contributed by atoms with Crippen LogP contribution in [0.4, 0.5) is 5.69 Å². The van der Waals surface area contributed by atoms with Crippen molar-refractivity contribution in [2.24, 2.45) is 0 Å². The molecular weight excluding hydrogens is 262 g/mol. The molecule has 0 spiro atoms. The van der Waals surface area contributed by atoms with Crippen LogP contribution >= 0.6 is 11.6 Å². The first kappa shape index (κ1) is 14.2. The van der Waals surface area contributed by atoms with Crippen molar-refractivity contribution in [1.29, 1.82) is 0 Å². The maximum Gasteiger partial charge on any atom is 0.312 e. The maximum atomic E-state index is 10.9. The molecule has 0 amide bonds. The number of nitrogens with zero attached hydrogens (tertiary/aromatic N) is 1. The van der Waals surface area contributed by atoms with Gasteiger partial charge in [-0.25, -0.2) is 0 Å². The molecule has 98 valence electrons. The van der Waals surface area contributed by atoms with Gasteiger partial charge in [-0.1, -0.05) is 17.7 Å². The molecule has 0 fully saturated rings. The lowest BCUT2D eigenvalue weighted by molar-refractivity contribution is -0.385. The van der Waals surface area contributed by atoms with Gasteiger partial charge in [-0.3, -0.25) is 14.9 Å². The molecule has 0 heterocycles. The Morgan fingerprint density at radius 1 is 1.50 bits per heavy atom. The minimum Gasteiger partial charge on any atom is -0.486 e. The molecule has 0 saturated carbocycles. The summed E-state index contributed by atoms with van der Waals surface area (Å²) in [5.41, 5.74) is -0.194. The number of carbonyl (C=O) groups is 1. The van der Waals surface area contributed by atoms with Crippen LogP contribution in [0.5, 0.6) is 5.75 Å². The van der Waals surface area contributed by atoms with Crippen LogP contribution in [0.25, 0.3) is 0 Å². The smallest absolute Gasteiger partial charge is 0.312 e. The molecule has 0 aliphatic carbocycles. The molecule has 0 unspecified atom stereocenters. The lowest BCUT2D eigenvalue weighted by Gasteiger charge is -2.07. The van der Waals surface area contributed by atoms with E-state index in [1.54, 1.807) is 0 Å². The summed E-state index contributed by atoms with van der Waals surface area (Å²) >= 11 is 5.82. The van der Waals surface area contributed by atoms with E-state index in [1.807, 2.05) is 0 Å². The van der Waals surface area contributed by atoms with E-state index >= 15 is 0 Å². The SMILES string of the molecule is COC(=O)CCCOc1c(Cl)cccc1[N+](=O)[O-]. The highest BCUT2D eigenvalue weighted by atomic mass is 35.5. The van der Waals surface area contributed by atoms with Crippen LogP contribution in [0, 0.1) is 10.1 Å². The van der Waals surface area contributed by atoms with Gasteiger partial charge >= 0.3 is 11.7 Å². The van der Waals surface area contributed by atoms with Crippen molar-refractivity contribution in [3.63, 3.8) is 0 Å². The zero-order chi connectivity index (χ0) is 13.5. The van der Waals surface area contributed by atoms with Crippen molar-refractivity contribution in [1.82, 2.24) is 0 Å². The third-order valence-corrected chi connectivity index (χ3v) is 2.44. The third kappa shape index (κ3) is 3.89. The Labute approximate surface area is 109 Å². The van der Waals surface area contributed by atoms with E-state index in [-0.39, 0.29) is 35.5 Å². The summed E-state index contributed by atoms with van der Waals surface area (Å²) in [4.78, 5) is 21.0. The van der Waals surface area contributed by atoms with E-state index in [2.05, 4.69) is 4.74 Å². The molecule has 1 aromatic rings. The minimum absolute atomic E-state index is 0.0223. The van der Waals surface area contributed by atoms with Gasteiger partial charge in [0.25, 0.3) is 0 Å². The first-order chi connectivity index (χ1) is 8.56. The Balaban J connectivity index is 2.61. The van der Waals surface area contributed by atoms with Gasteiger partial charge in [0.2, 0.25) is 5.75 Å². The molecule has 0 bridgehead atoms. The molecular formula is C11H12ClNO5. The summed E-state index contributed by atoms with van der Waals surface area (Å²) in [6.07, 6.45) is 0.587. The number of methoxy groups -OCH3 is 1. The fourth-order valence-corrected chi connectivity index (χ4v) is 1.50. The van der Waals surface area contributed by atoms with Crippen molar-refractivity contribution in [3.05, 3.63) is 33.3 Å². The highest BCUT2D eigenvalue weighted by molar-refractivity contribution is 6.32. The highest BCUT2D eigenvalue weighted by Gasteiger charge is 2.18. The molecule has 0 atom stereocenters. The Morgan fingerprint density at radius 3 is 2.83 bits per heavy atom. The molecule has 0 aliphatic rings. The van der Waals surface area contributed by atoms with Crippen LogP contribution in [0.1, 0.15) is 12.8 Å². The number of hydrogen-bond acceptors (Lipinski definition) is 5. The summed E-state index contributed by atoms with van der Waals surface area (Å²) in [6, 6.07) is 4.29. The van der Waals surface area contributed by atoms with E-state index in [9.17, 15) is 14.9 Å². The van der Waals surface area contributed by atoms with E-state index in [0.717, 1.165) is 0 Å². The summed E-state index contributed by atoms with van der Waals surface area (Å²) in [6.45, 7) is 0.152. The summed E-state index contributed by atoms with van der Waals surface area (Å²) < 4.78 is 9.70. The number of rotatable bonds is 6. The molecule has 0 saturated heterocycles. The fraction of sp³-hybridized carbons (Fsp3) is 0.364. The lowest BCUT2D eigenvalue weighted by atomic mass is 10.3. The Hall–Kier alpha value is -1.82. The molecule has 0 N–H and O–H groups in total. The molecule has 6 nitrogen and oxygen atoms in total. The number of halogens is 1. The van der Waals surface area contributed by atoms with E-state index in [0.29, 0.717) is 6.42 Å². The highest BCUT2D eigenvalue weighted by Crippen LogP contribution is 2.34. The zero-order valence-corrected chi connectivity index (χ0v) is 10.5. The standard InChI is InChI=1S/C11H12ClNO5/c1-17-10(14)6-3-7-18-11-8(12)4-2-5-9(11)13(15)16/h2,4-5H,3,6-7H2,1H3. The van der Waals surface area contributed by atoms with Gasteiger partial charge in [-0.05, 0) is 12.5 Å². The van der Waals surface area contributed by atoms with Crippen molar-refractivity contribution < 1.29 is 19.2 Å². The number of nitro groups is 1. The molecule has 1 aromatic carbocycles. The van der Waals surface area contributed by atoms with Crippen LogP contribution in [0.2, 0.25) is 5.02 Å². The van der Waals surface area contributed by atoms with Gasteiger partial charge < -0.3 is 9.47 Å². The quantitative estimate of drug-likeness (QED) is 0.344. The van der Waals surface area contributed by atoms with Gasteiger partial charge in [0, 0.05) is 12.5 Å². The number of nitro benzene ring substituents is 1. The molecule has 0 aromatic heterocycles. The summed E-state index contributed by atoms with van der Waals surface area (Å²) in [7, 11) is 1.29. The van der Waals surface area contributed by atoms with Crippen molar-refractivity contribution in [2.45, 2.75) is 12.8 Å². The number of para-hydroxylation sites is 1. The Kier molecular flexibility index (Phi) is 5.38. The van der Waals surface area contributed by atoms with Crippen LogP contribution in [-0.4, -0.2) is 24.6 Å². The fourth-order valence-electron chi connectivity index (χ4n) is 1.28. The molecule has 0 radical (unpaired) electrons. The number of hydrogen-bond donors (Lipinski definition) is 0. The second kappa shape index (κ2) is 6.80. The maximum absolute atomic E-state index is 10.9. The predicted molar refractivity (Wildman–Crippen MR) is 64.9 cm³/mol. The van der Waals surface area contributed by atoms with Gasteiger partial charge in [0.05, 0.1) is 23.7 Å². The summed E-state index contributed by atoms with van der Waals surface area (Å²) in [5, 5.41) is 10.9. The lowest BCUT2D eigenvalue weighted by Crippen LogP contribution is -2.05. The summed E-state index contributed by atoms with van der Waals surface area (Å²) in [5.74, 6) is -0.332. The van der Waals surface area contributed by atoms with Crippen LogP contribution in [0.3, 0.4) is 0 Å². The topological polar surface area (TPSA) is 78.7 Å². The molecule has 7 heteroatoms. The van der Waals surface area contributed by atoms with E-state index in [1.165, 1.54) is 25.3 Å². The van der Waals surface area contributed by atoms with Gasteiger partial charge in [-0.15, -0.1) is 0 Å². The second-order valence-electron chi connectivity index (χ2n) is 3.37. The number of ether oxygens (including phenoxy) is 2. The first-order valence-corrected chi connectivity index (χ1v) is 5.56. The predicted octanol–water partition coefficient (Wildman–Crippen LogP) is 2.58. The average molecular weight is 274 g/mol. The first-order valence-electron chi connectivity index (χ1n) is 5.18. The van der Waals surface area contributed by atoms with Crippen molar-refractivity contribution >= 4 is 23.3 Å². The largest absolute Gasteiger partial charge is 0.486 e.